The number of methoxy groups -OCH3 is 1. The number of hydrogen-bond acceptors (Lipinski definition) is 3. The number of halogens is 1. The molecule has 1 rings (SSSR count). The summed E-state index contributed by atoms with van der Waals surface area (Å²) in [6.07, 6.45) is 2.98. The lowest BCUT2D eigenvalue weighted by molar-refractivity contribution is 0.414. The minimum Gasteiger partial charge on any atom is -0.497 e. The highest BCUT2D eigenvalue weighted by Crippen LogP contribution is 2.11. The number of nitrogens with one attached hydrogen (secondary N) is 2. The van der Waals surface area contributed by atoms with Crippen LogP contribution in [-0.4, -0.2) is 13.3 Å². The van der Waals surface area contributed by atoms with Gasteiger partial charge in [0.15, 0.2) is 0 Å². The molecule has 1 aromatic rings. The third-order valence-corrected chi connectivity index (χ3v) is 2.30. The fourth-order valence-electron chi connectivity index (χ4n) is 1.05. The van der Waals surface area contributed by atoms with Gasteiger partial charge in [0.1, 0.15) is 5.75 Å². The van der Waals surface area contributed by atoms with E-state index in [0.29, 0.717) is 0 Å². The van der Waals surface area contributed by atoms with Gasteiger partial charge in [-0.05, 0) is 33.6 Å². The lowest BCUT2D eigenvalue weighted by atomic mass is 10.2. The van der Waals surface area contributed by atoms with Crippen molar-refractivity contribution in [3.05, 3.63) is 40.5 Å². The number of hydrogen-bond donors (Lipinski definition) is 2. The van der Waals surface area contributed by atoms with Gasteiger partial charge in [0.2, 0.25) is 0 Å². The molecule has 0 unspecified atom stereocenters. The molecule has 1 aromatic carbocycles. The van der Waals surface area contributed by atoms with Crippen molar-refractivity contribution in [3.8, 4) is 5.75 Å². The van der Waals surface area contributed by atoms with Crippen LogP contribution in [0.5, 0.6) is 5.75 Å². The molecular formula is C11H13BrN2O. The van der Waals surface area contributed by atoms with Gasteiger partial charge in [-0.2, -0.15) is 0 Å². The molecule has 0 spiro atoms. The summed E-state index contributed by atoms with van der Waals surface area (Å²) in [6.45, 7) is 0.729. The predicted octanol–water partition coefficient (Wildman–Crippen LogP) is 2.67. The molecule has 0 bridgehead atoms. The lowest BCUT2D eigenvalue weighted by Gasteiger charge is -2.03. The minimum atomic E-state index is 0.719. The average Bonchev–Trinajstić information content (AvgIpc) is 2.29. The van der Waals surface area contributed by atoms with Crippen molar-refractivity contribution >= 4 is 22.1 Å². The first-order chi connectivity index (χ1) is 7.26. The molecule has 2 N–H and O–H groups in total. The first kappa shape index (κ1) is 11.8. The molecular weight excluding hydrogens is 256 g/mol. The van der Waals surface area contributed by atoms with Gasteiger partial charge >= 0.3 is 0 Å². The van der Waals surface area contributed by atoms with Crippen molar-refractivity contribution in [2.24, 2.45) is 0 Å². The second-order valence-electron chi connectivity index (χ2n) is 2.90. The van der Waals surface area contributed by atoms with E-state index < -0.39 is 0 Å². The van der Waals surface area contributed by atoms with E-state index in [9.17, 15) is 0 Å². The number of ether oxygens (including phenoxy) is 1. The SMILES string of the molecule is COc1ccc(CN/C=C(/Br)C=N)cc1. The van der Waals surface area contributed by atoms with E-state index in [1.54, 1.807) is 13.3 Å². The molecule has 0 aliphatic heterocycles. The second-order valence-corrected chi connectivity index (χ2v) is 3.82. The van der Waals surface area contributed by atoms with E-state index in [0.717, 1.165) is 22.3 Å². The third kappa shape index (κ3) is 4.16. The van der Waals surface area contributed by atoms with Crippen molar-refractivity contribution < 1.29 is 4.74 Å². The summed E-state index contributed by atoms with van der Waals surface area (Å²) in [5, 5.41) is 10.0. The van der Waals surface area contributed by atoms with Gasteiger partial charge in [-0.15, -0.1) is 0 Å². The van der Waals surface area contributed by atoms with Gasteiger partial charge in [-0.1, -0.05) is 12.1 Å². The van der Waals surface area contributed by atoms with Crippen LogP contribution in [0.1, 0.15) is 5.56 Å². The van der Waals surface area contributed by atoms with E-state index >= 15 is 0 Å². The molecule has 0 radical (unpaired) electrons. The van der Waals surface area contributed by atoms with Crippen LogP contribution >= 0.6 is 15.9 Å². The van der Waals surface area contributed by atoms with Gasteiger partial charge in [0.05, 0.1) is 11.6 Å². The summed E-state index contributed by atoms with van der Waals surface area (Å²) in [5.74, 6) is 0.856. The molecule has 0 heterocycles. The first-order valence-corrected chi connectivity index (χ1v) is 5.28. The van der Waals surface area contributed by atoms with Crippen LogP contribution in [0.25, 0.3) is 0 Å². The zero-order valence-electron chi connectivity index (χ0n) is 8.46. The summed E-state index contributed by atoms with van der Waals surface area (Å²) in [4.78, 5) is 0. The van der Waals surface area contributed by atoms with E-state index in [-0.39, 0.29) is 0 Å². The average molecular weight is 269 g/mol. The molecule has 0 saturated carbocycles. The highest BCUT2D eigenvalue weighted by Gasteiger charge is 1.92. The molecule has 15 heavy (non-hydrogen) atoms. The Morgan fingerprint density at radius 3 is 2.67 bits per heavy atom. The third-order valence-electron chi connectivity index (χ3n) is 1.84. The minimum absolute atomic E-state index is 0.719. The summed E-state index contributed by atoms with van der Waals surface area (Å²) in [5.41, 5.74) is 1.16. The summed E-state index contributed by atoms with van der Waals surface area (Å²) in [7, 11) is 1.65. The Morgan fingerprint density at radius 1 is 1.47 bits per heavy atom. The van der Waals surface area contributed by atoms with E-state index in [1.165, 1.54) is 6.21 Å². The van der Waals surface area contributed by atoms with Crippen molar-refractivity contribution in [1.29, 1.82) is 5.41 Å². The van der Waals surface area contributed by atoms with Crippen LogP contribution < -0.4 is 10.1 Å². The maximum Gasteiger partial charge on any atom is 0.118 e. The largest absolute Gasteiger partial charge is 0.497 e. The van der Waals surface area contributed by atoms with Gasteiger partial charge in [0.25, 0.3) is 0 Å². The molecule has 4 heteroatoms. The Balaban J connectivity index is 2.47. The first-order valence-electron chi connectivity index (χ1n) is 4.48. The van der Waals surface area contributed by atoms with Crippen LogP contribution in [0.2, 0.25) is 0 Å². The maximum atomic E-state index is 6.95. The Morgan fingerprint density at radius 2 is 2.13 bits per heavy atom. The molecule has 0 aliphatic carbocycles. The van der Waals surface area contributed by atoms with Gasteiger partial charge < -0.3 is 15.5 Å². The van der Waals surface area contributed by atoms with Crippen LogP contribution in [0.4, 0.5) is 0 Å². The van der Waals surface area contributed by atoms with Crippen LogP contribution in [0, 0.1) is 5.41 Å². The van der Waals surface area contributed by atoms with E-state index in [2.05, 4.69) is 21.2 Å². The van der Waals surface area contributed by atoms with E-state index in [1.807, 2.05) is 24.3 Å². The van der Waals surface area contributed by atoms with Crippen molar-refractivity contribution in [3.63, 3.8) is 0 Å². The Bertz CT molecular complexity index is 346. The van der Waals surface area contributed by atoms with Crippen LogP contribution in [-0.2, 0) is 6.54 Å². The summed E-state index contributed by atoms with van der Waals surface area (Å²) in [6, 6.07) is 7.84. The Labute approximate surface area is 97.8 Å². The zero-order chi connectivity index (χ0) is 11.1. The van der Waals surface area contributed by atoms with Gasteiger partial charge in [-0.3, -0.25) is 0 Å². The van der Waals surface area contributed by atoms with Crippen LogP contribution in [0.15, 0.2) is 34.9 Å². The molecule has 0 amide bonds. The Kier molecular flexibility index (Phi) is 4.90. The molecule has 0 aliphatic rings. The maximum absolute atomic E-state index is 6.95. The number of rotatable bonds is 5. The second kappa shape index (κ2) is 6.24. The van der Waals surface area contributed by atoms with Crippen molar-refractivity contribution in [2.75, 3.05) is 7.11 Å². The fourth-order valence-corrected chi connectivity index (χ4v) is 1.21. The highest BCUT2D eigenvalue weighted by molar-refractivity contribution is 9.12. The normalized spacial score (nSPS) is 10.9. The van der Waals surface area contributed by atoms with Crippen LogP contribution in [0.3, 0.4) is 0 Å². The van der Waals surface area contributed by atoms with Gasteiger partial charge in [0, 0.05) is 19.0 Å². The van der Waals surface area contributed by atoms with Crippen molar-refractivity contribution in [2.45, 2.75) is 6.54 Å². The standard InChI is InChI=1S/C11H13BrN2O/c1-15-11-4-2-9(3-5-11)7-14-8-10(12)6-13/h2-6,8,13-14H,7H2,1H3/b10-8+,13-6?. The smallest absolute Gasteiger partial charge is 0.118 e. The molecule has 3 nitrogen and oxygen atoms in total. The van der Waals surface area contributed by atoms with Crippen molar-refractivity contribution in [1.82, 2.24) is 5.32 Å². The quantitative estimate of drug-likeness (QED) is 0.807. The summed E-state index contributed by atoms with van der Waals surface area (Å²) < 4.78 is 5.78. The predicted molar refractivity (Wildman–Crippen MR) is 65.6 cm³/mol. The topological polar surface area (TPSA) is 45.1 Å². The van der Waals surface area contributed by atoms with Gasteiger partial charge in [-0.25, -0.2) is 0 Å². The molecule has 0 fully saturated rings. The number of benzene rings is 1. The molecule has 80 valence electrons. The molecule has 0 saturated heterocycles. The lowest BCUT2D eigenvalue weighted by Crippen LogP contribution is -2.05. The zero-order valence-corrected chi connectivity index (χ0v) is 10.0. The highest BCUT2D eigenvalue weighted by atomic mass is 79.9. The summed E-state index contributed by atoms with van der Waals surface area (Å²) >= 11 is 3.21. The Hall–Kier alpha value is -1.29. The fraction of sp³-hybridized carbons (Fsp3) is 0.182. The molecule has 0 aromatic heterocycles. The molecule has 0 atom stereocenters. The van der Waals surface area contributed by atoms with E-state index in [4.69, 9.17) is 10.1 Å². The monoisotopic (exact) mass is 268 g/mol. The number of allylic oxidation sites excluding steroid dienone is 1.